The molecule has 0 atom stereocenters. The highest BCUT2D eigenvalue weighted by Crippen LogP contribution is 2.39. The zero-order chi connectivity index (χ0) is 18.8. The lowest BCUT2D eigenvalue weighted by Gasteiger charge is -2.43. The average molecular weight is 429 g/mol. The highest BCUT2D eigenvalue weighted by atomic mass is 79.9. The lowest BCUT2D eigenvalue weighted by molar-refractivity contribution is 0.503. The average Bonchev–Trinajstić information content (AvgIpc) is 2.62. The molecule has 0 aliphatic heterocycles. The van der Waals surface area contributed by atoms with Crippen molar-refractivity contribution in [3.63, 3.8) is 0 Å². The quantitative estimate of drug-likeness (QED) is 0.496. The number of benzene rings is 3. The summed E-state index contributed by atoms with van der Waals surface area (Å²) in [4.78, 5) is 0. The number of hydrogen-bond donors (Lipinski definition) is 0. The van der Waals surface area contributed by atoms with E-state index in [1.54, 1.807) is 6.07 Å². The van der Waals surface area contributed by atoms with E-state index in [-0.39, 0.29) is 10.9 Å². The third kappa shape index (κ3) is 3.48. The van der Waals surface area contributed by atoms with Crippen molar-refractivity contribution in [1.82, 2.24) is 0 Å². The SMILES string of the molecule is CC(C)(C)[Si](Oc1ccc(F)cc1Br)(c1ccccc1)c1ccccc1. The molecular weight excluding hydrogens is 407 g/mol. The molecule has 0 heterocycles. The molecule has 0 saturated carbocycles. The van der Waals surface area contributed by atoms with Gasteiger partial charge >= 0.3 is 8.32 Å². The molecule has 3 rings (SSSR count). The lowest BCUT2D eigenvalue weighted by atomic mass is 10.2. The largest absolute Gasteiger partial charge is 0.533 e. The van der Waals surface area contributed by atoms with Gasteiger partial charge < -0.3 is 4.43 Å². The summed E-state index contributed by atoms with van der Waals surface area (Å²) in [5.41, 5.74) is 0. The molecule has 0 unspecified atom stereocenters. The summed E-state index contributed by atoms with van der Waals surface area (Å²) in [6.07, 6.45) is 0. The van der Waals surface area contributed by atoms with Crippen LogP contribution in [0, 0.1) is 5.82 Å². The van der Waals surface area contributed by atoms with Gasteiger partial charge in [0.2, 0.25) is 0 Å². The summed E-state index contributed by atoms with van der Waals surface area (Å²) in [5.74, 6) is 0.382. The summed E-state index contributed by atoms with van der Waals surface area (Å²) < 4.78 is 21.1. The minimum absolute atomic E-state index is 0.135. The van der Waals surface area contributed by atoms with Gasteiger partial charge in [-0.3, -0.25) is 0 Å². The molecule has 1 nitrogen and oxygen atoms in total. The van der Waals surface area contributed by atoms with E-state index in [1.165, 1.54) is 22.5 Å². The third-order valence-corrected chi connectivity index (χ3v) is 10.1. The first kappa shape index (κ1) is 18.9. The first-order valence-electron chi connectivity index (χ1n) is 8.60. The molecule has 3 aromatic carbocycles. The Balaban J connectivity index is 2.27. The maximum atomic E-state index is 13.6. The van der Waals surface area contributed by atoms with Crippen LogP contribution in [-0.2, 0) is 0 Å². The molecular formula is C22H22BrFOSi. The summed E-state index contributed by atoms with van der Waals surface area (Å²) in [6, 6.07) is 25.4. The van der Waals surface area contributed by atoms with Crippen LogP contribution in [0.4, 0.5) is 4.39 Å². The fraction of sp³-hybridized carbons (Fsp3) is 0.182. The van der Waals surface area contributed by atoms with Gasteiger partial charge in [-0.05, 0) is 49.5 Å². The van der Waals surface area contributed by atoms with E-state index >= 15 is 0 Å². The maximum absolute atomic E-state index is 13.6. The molecule has 26 heavy (non-hydrogen) atoms. The van der Waals surface area contributed by atoms with E-state index in [9.17, 15) is 4.39 Å². The third-order valence-electron chi connectivity index (χ3n) is 4.57. The van der Waals surface area contributed by atoms with Gasteiger partial charge in [-0.1, -0.05) is 81.4 Å². The van der Waals surface area contributed by atoms with Crippen LogP contribution in [0.25, 0.3) is 0 Å². The van der Waals surface area contributed by atoms with Gasteiger partial charge in [-0.25, -0.2) is 4.39 Å². The molecule has 0 aliphatic carbocycles. The molecule has 3 aromatic rings. The second-order valence-corrected chi connectivity index (χ2v) is 12.4. The zero-order valence-corrected chi connectivity index (χ0v) is 17.8. The number of rotatable bonds is 4. The molecule has 0 spiro atoms. The van der Waals surface area contributed by atoms with Crippen LogP contribution >= 0.6 is 15.9 Å². The van der Waals surface area contributed by atoms with Crippen LogP contribution in [0.1, 0.15) is 20.8 Å². The molecule has 0 aliphatic rings. The molecule has 0 bridgehead atoms. The first-order chi connectivity index (χ1) is 12.3. The van der Waals surface area contributed by atoms with Crippen LogP contribution < -0.4 is 14.8 Å². The second kappa shape index (κ2) is 7.37. The van der Waals surface area contributed by atoms with Crippen LogP contribution in [0.2, 0.25) is 5.04 Å². The predicted molar refractivity (Wildman–Crippen MR) is 112 cm³/mol. The van der Waals surface area contributed by atoms with Crippen molar-refractivity contribution in [2.75, 3.05) is 0 Å². The van der Waals surface area contributed by atoms with E-state index in [1.807, 2.05) is 12.1 Å². The van der Waals surface area contributed by atoms with Gasteiger partial charge in [-0.2, -0.15) is 0 Å². The van der Waals surface area contributed by atoms with Gasteiger partial charge in [-0.15, -0.1) is 0 Å². The highest BCUT2D eigenvalue weighted by Gasteiger charge is 2.52. The molecule has 134 valence electrons. The van der Waals surface area contributed by atoms with Crippen molar-refractivity contribution in [3.05, 3.63) is 89.2 Å². The highest BCUT2D eigenvalue weighted by molar-refractivity contribution is 9.10. The van der Waals surface area contributed by atoms with Gasteiger partial charge in [0.25, 0.3) is 0 Å². The molecule has 0 radical (unpaired) electrons. The number of halogens is 2. The van der Waals surface area contributed by atoms with Crippen LogP contribution in [0.3, 0.4) is 0 Å². The van der Waals surface area contributed by atoms with E-state index in [2.05, 4.69) is 85.2 Å². The summed E-state index contributed by atoms with van der Waals surface area (Å²) in [6.45, 7) is 6.66. The molecule has 0 fully saturated rings. The molecule has 0 saturated heterocycles. The fourth-order valence-corrected chi connectivity index (χ4v) is 8.39. The molecule has 4 heteroatoms. The minimum Gasteiger partial charge on any atom is -0.533 e. The van der Waals surface area contributed by atoms with Crippen molar-refractivity contribution < 1.29 is 8.82 Å². The smallest absolute Gasteiger partial charge is 0.320 e. The van der Waals surface area contributed by atoms with Crippen molar-refractivity contribution in [1.29, 1.82) is 0 Å². The van der Waals surface area contributed by atoms with E-state index in [0.29, 0.717) is 10.2 Å². The summed E-state index contributed by atoms with van der Waals surface area (Å²) >= 11 is 3.47. The van der Waals surface area contributed by atoms with Crippen LogP contribution in [0.15, 0.2) is 83.3 Å². The van der Waals surface area contributed by atoms with Crippen LogP contribution in [-0.4, -0.2) is 8.32 Å². The van der Waals surface area contributed by atoms with Crippen molar-refractivity contribution >= 4 is 34.6 Å². The molecule has 0 amide bonds. The van der Waals surface area contributed by atoms with E-state index in [4.69, 9.17) is 4.43 Å². The summed E-state index contributed by atoms with van der Waals surface area (Å²) in [5, 5.41) is 2.24. The lowest BCUT2D eigenvalue weighted by Crippen LogP contribution is -2.68. The van der Waals surface area contributed by atoms with Crippen molar-refractivity contribution in [2.24, 2.45) is 0 Å². The second-order valence-electron chi connectivity index (χ2n) is 7.34. The Kier molecular flexibility index (Phi) is 5.35. The van der Waals surface area contributed by atoms with Gasteiger partial charge in [0, 0.05) is 0 Å². The monoisotopic (exact) mass is 428 g/mol. The maximum Gasteiger partial charge on any atom is 0.320 e. The Morgan fingerprint density at radius 3 is 1.73 bits per heavy atom. The standard InChI is InChI=1S/C22H22BrFOSi/c1-22(2,3)26(18-10-6-4-7-11-18,19-12-8-5-9-13-19)25-21-15-14-17(24)16-20(21)23/h4-16H,1-3H3. The summed E-state index contributed by atoms with van der Waals surface area (Å²) in [7, 11) is -2.69. The van der Waals surface area contributed by atoms with E-state index < -0.39 is 8.32 Å². The normalized spacial score (nSPS) is 12.0. The number of hydrogen-bond acceptors (Lipinski definition) is 1. The predicted octanol–water partition coefficient (Wildman–Crippen LogP) is 5.53. The zero-order valence-electron chi connectivity index (χ0n) is 15.2. The molecule has 0 N–H and O–H groups in total. The van der Waals surface area contributed by atoms with Gasteiger partial charge in [0.05, 0.1) is 4.47 Å². The van der Waals surface area contributed by atoms with Crippen molar-refractivity contribution in [2.45, 2.75) is 25.8 Å². The van der Waals surface area contributed by atoms with Gasteiger partial charge in [0.1, 0.15) is 11.6 Å². The Morgan fingerprint density at radius 2 is 1.31 bits per heavy atom. The molecule has 0 aromatic heterocycles. The van der Waals surface area contributed by atoms with E-state index in [0.717, 1.165) is 0 Å². The van der Waals surface area contributed by atoms with Gasteiger partial charge in [0.15, 0.2) is 0 Å². The minimum atomic E-state index is -2.69. The Morgan fingerprint density at radius 1 is 0.808 bits per heavy atom. The Hall–Kier alpha value is -1.91. The Labute approximate surface area is 164 Å². The van der Waals surface area contributed by atoms with Crippen molar-refractivity contribution in [3.8, 4) is 5.75 Å². The first-order valence-corrected chi connectivity index (χ1v) is 11.3. The van der Waals surface area contributed by atoms with Crippen LogP contribution in [0.5, 0.6) is 5.75 Å². The topological polar surface area (TPSA) is 9.23 Å². The fourth-order valence-electron chi connectivity index (χ4n) is 3.37. The Bertz CT molecular complexity index is 836.